The van der Waals surface area contributed by atoms with Gasteiger partial charge in [0.05, 0.1) is 0 Å². The molecular formula is C20H30O. The number of benzene rings is 1. The first-order valence-electron chi connectivity index (χ1n) is 8.46. The van der Waals surface area contributed by atoms with Crippen LogP contribution in [0, 0.1) is 25.2 Å². The Bertz CT molecular complexity index is 505. The van der Waals surface area contributed by atoms with Crippen molar-refractivity contribution in [2.24, 2.45) is 11.3 Å². The van der Waals surface area contributed by atoms with Gasteiger partial charge in [-0.1, -0.05) is 44.5 Å². The molecular weight excluding hydrogens is 256 g/mol. The Kier molecular flexibility index (Phi) is 4.91. The number of aryl methyl sites for hydroxylation is 2. The van der Waals surface area contributed by atoms with E-state index in [2.05, 4.69) is 52.8 Å². The minimum absolute atomic E-state index is 0.142. The summed E-state index contributed by atoms with van der Waals surface area (Å²) in [4.78, 5) is 12.6. The van der Waals surface area contributed by atoms with Crippen molar-refractivity contribution < 1.29 is 4.79 Å². The van der Waals surface area contributed by atoms with Gasteiger partial charge in [0.1, 0.15) is 5.78 Å². The molecule has 1 saturated carbocycles. The third-order valence-corrected chi connectivity index (χ3v) is 5.51. The second-order valence-electron chi connectivity index (χ2n) is 7.51. The van der Waals surface area contributed by atoms with Crippen molar-refractivity contribution >= 4 is 5.78 Å². The molecule has 116 valence electrons. The highest BCUT2D eigenvalue weighted by molar-refractivity contribution is 5.86. The van der Waals surface area contributed by atoms with Crippen molar-refractivity contribution in [1.29, 1.82) is 0 Å². The van der Waals surface area contributed by atoms with Gasteiger partial charge in [0.15, 0.2) is 0 Å². The number of rotatable bonds is 4. The molecule has 0 N–H and O–H groups in total. The van der Waals surface area contributed by atoms with E-state index in [1.54, 1.807) is 0 Å². The first-order chi connectivity index (χ1) is 9.85. The van der Waals surface area contributed by atoms with Crippen LogP contribution in [-0.4, -0.2) is 5.78 Å². The zero-order valence-electron chi connectivity index (χ0n) is 14.3. The second kappa shape index (κ2) is 6.34. The molecule has 1 aliphatic carbocycles. The Morgan fingerprint density at radius 3 is 2.29 bits per heavy atom. The molecule has 0 atom stereocenters. The van der Waals surface area contributed by atoms with Crippen LogP contribution in [0.5, 0.6) is 0 Å². The first kappa shape index (κ1) is 16.3. The quantitative estimate of drug-likeness (QED) is 0.706. The minimum atomic E-state index is -0.142. The number of carbonyl (C=O) groups excluding carboxylic acids is 1. The van der Waals surface area contributed by atoms with Crippen molar-refractivity contribution in [2.45, 2.75) is 72.6 Å². The zero-order chi connectivity index (χ0) is 15.6. The molecule has 21 heavy (non-hydrogen) atoms. The zero-order valence-corrected chi connectivity index (χ0v) is 14.3. The molecule has 1 aromatic carbocycles. The maximum Gasteiger partial charge on any atom is 0.141 e. The van der Waals surface area contributed by atoms with E-state index in [-0.39, 0.29) is 5.41 Å². The molecule has 0 spiro atoms. The van der Waals surface area contributed by atoms with Crippen molar-refractivity contribution in [3.05, 3.63) is 34.9 Å². The summed E-state index contributed by atoms with van der Waals surface area (Å²) in [5, 5.41) is 0. The summed E-state index contributed by atoms with van der Waals surface area (Å²) in [7, 11) is 0. The summed E-state index contributed by atoms with van der Waals surface area (Å²) in [6.07, 6.45) is 5.42. The number of Topliss-reactive ketones (excluding diaryl/α,β-unsaturated/α-hetero) is 1. The van der Waals surface area contributed by atoms with Crippen LogP contribution in [-0.2, 0) is 4.79 Å². The highest BCUT2D eigenvalue weighted by Gasteiger charge is 2.34. The predicted molar refractivity (Wildman–Crippen MR) is 89.7 cm³/mol. The Morgan fingerprint density at radius 2 is 1.76 bits per heavy atom. The lowest BCUT2D eigenvalue weighted by molar-refractivity contribution is -0.132. The summed E-state index contributed by atoms with van der Waals surface area (Å²) in [5.41, 5.74) is 4.11. The third-order valence-electron chi connectivity index (χ3n) is 5.51. The molecule has 0 radical (unpaired) electrons. The van der Waals surface area contributed by atoms with Crippen LogP contribution in [0.3, 0.4) is 0 Å². The minimum Gasteiger partial charge on any atom is -0.299 e. The lowest BCUT2D eigenvalue weighted by Crippen LogP contribution is -2.32. The Balaban J connectivity index is 2.02. The lowest BCUT2D eigenvalue weighted by Gasteiger charge is -2.33. The van der Waals surface area contributed by atoms with Gasteiger partial charge >= 0.3 is 0 Å². The van der Waals surface area contributed by atoms with E-state index in [4.69, 9.17) is 0 Å². The van der Waals surface area contributed by atoms with Gasteiger partial charge in [-0.25, -0.2) is 0 Å². The molecule has 1 fully saturated rings. The number of hydrogen-bond acceptors (Lipinski definition) is 1. The van der Waals surface area contributed by atoms with Gasteiger partial charge in [0, 0.05) is 11.3 Å². The molecule has 1 nitrogen and oxygen atoms in total. The summed E-state index contributed by atoms with van der Waals surface area (Å²) < 4.78 is 0. The second-order valence-corrected chi connectivity index (χ2v) is 7.51. The highest BCUT2D eigenvalue weighted by Crippen LogP contribution is 2.40. The molecule has 0 aromatic heterocycles. The summed E-state index contributed by atoms with van der Waals surface area (Å²) in [6, 6.07) is 6.81. The fraction of sp³-hybridized carbons (Fsp3) is 0.650. The Morgan fingerprint density at radius 1 is 1.14 bits per heavy atom. The number of carbonyl (C=O) groups is 1. The van der Waals surface area contributed by atoms with Gasteiger partial charge in [-0.15, -0.1) is 0 Å². The van der Waals surface area contributed by atoms with E-state index in [0.717, 1.165) is 19.3 Å². The molecule has 1 heteroatoms. The molecule has 2 rings (SSSR count). The van der Waals surface area contributed by atoms with Crippen LogP contribution in [0.25, 0.3) is 0 Å². The summed E-state index contributed by atoms with van der Waals surface area (Å²) >= 11 is 0. The van der Waals surface area contributed by atoms with E-state index in [1.165, 1.54) is 29.5 Å². The Labute approximate surface area is 130 Å². The maximum absolute atomic E-state index is 12.6. The summed E-state index contributed by atoms with van der Waals surface area (Å²) in [5.74, 6) is 1.44. The highest BCUT2D eigenvalue weighted by atomic mass is 16.1. The Hall–Kier alpha value is -1.11. The van der Waals surface area contributed by atoms with Crippen LogP contribution >= 0.6 is 0 Å². The van der Waals surface area contributed by atoms with Crippen molar-refractivity contribution in [2.75, 3.05) is 0 Å². The van der Waals surface area contributed by atoms with Gasteiger partial charge < -0.3 is 0 Å². The maximum atomic E-state index is 12.6. The fourth-order valence-electron chi connectivity index (χ4n) is 3.68. The van der Waals surface area contributed by atoms with Crippen molar-refractivity contribution in [1.82, 2.24) is 0 Å². The van der Waals surface area contributed by atoms with Crippen LogP contribution in [0.4, 0.5) is 0 Å². The average molecular weight is 286 g/mol. The van der Waals surface area contributed by atoms with E-state index in [9.17, 15) is 4.79 Å². The third kappa shape index (κ3) is 3.56. The van der Waals surface area contributed by atoms with Crippen LogP contribution in [0.2, 0.25) is 0 Å². The van der Waals surface area contributed by atoms with Gasteiger partial charge in [-0.3, -0.25) is 4.79 Å². The first-order valence-corrected chi connectivity index (χ1v) is 8.46. The molecule has 0 unspecified atom stereocenters. The molecule has 1 aromatic rings. The average Bonchev–Trinajstić information content (AvgIpc) is 2.47. The van der Waals surface area contributed by atoms with Gasteiger partial charge in [0.25, 0.3) is 0 Å². The molecule has 0 aliphatic heterocycles. The smallest absolute Gasteiger partial charge is 0.141 e. The standard InChI is InChI=1S/C20H30O/c1-6-20(4,5)19(21)17-10-8-16(9-11-17)18-12-7-14(2)13-15(18)3/h7,12-13,16-17H,6,8-11H2,1-5H3. The molecule has 0 heterocycles. The largest absolute Gasteiger partial charge is 0.299 e. The van der Waals surface area contributed by atoms with Crippen molar-refractivity contribution in [3.8, 4) is 0 Å². The lowest BCUT2D eigenvalue weighted by atomic mass is 9.70. The monoisotopic (exact) mass is 286 g/mol. The number of ketones is 1. The van der Waals surface area contributed by atoms with Gasteiger partial charge in [0.2, 0.25) is 0 Å². The van der Waals surface area contributed by atoms with Crippen LogP contribution in [0.1, 0.15) is 75.5 Å². The normalized spacial score (nSPS) is 23.1. The molecule has 0 amide bonds. The van der Waals surface area contributed by atoms with Crippen LogP contribution in [0.15, 0.2) is 18.2 Å². The van der Waals surface area contributed by atoms with E-state index < -0.39 is 0 Å². The van der Waals surface area contributed by atoms with Gasteiger partial charge in [-0.2, -0.15) is 0 Å². The van der Waals surface area contributed by atoms with Crippen molar-refractivity contribution in [3.63, 3.8) is 0 Å². The van der Waals surface area contributed by atoms with E-state index in [1.807, 2.05) is 0 Å². The van der Waals surface area contributed by atoms with Gasteiger partial charge in [-0.05, 0) is 63.0 Å². The predicted octanol–water partition coefficient (Wildman–Crippen LogP) is 5.58. The summed E-state index contributed by atoms with van der Waals surface area (Å²) in [6.45, 7) is 10.7. The number of hydrogen-bond donors (Lipinski definition) is 0. The SMILES string of the molecule is CCC(C)(C)C(=O)C1CCC(c2ccc(C)cc2C)CC1. The van der Waals surface area contributed by atoms with Crippen LogP contribution < -0.4 is 0 Å². The van der Waals surface area contributed by atoms with E-state index >= 15 is 0 Å². The molecule has 0 saturated heterocycles. The fourth-order valence-corrected chi connectivity index (χ4v) is 3.68. The molecule has 1 aliphatic rings. The van der Waals surface area contributed by atoms with E-state index in [0.29, 0.717) is 17.6 Å². The molecule has 0 bridgehead atoms. The topological polar surface area (TPSA) is 17.1 Å².